The van der Waals surface area contributed by atoms with Crippen LogP contribution in [0, 0.1) is 18.3 Å². The number of esters is 1. The molecule has 3 saturated heterocycles. The van der Waals surface area contributed by atoms with Gasteiger partial charge >= 0.3 is 11.9 Å². The molecule has 56 heavy (non-hydrogen) atoms. The Bertz CT molecular complexity index is 1510. The first-order chi connectivity index (χ1) is 26.6. The lowest BCUT2D eigenvalue weighted by atomic mass is 9.57. The third-order valence-corrected chi connectivity index (χ3v) is 12.6. The monoisotopic (exact) mass is 796 g/mol. The number of methoxy groups -OCH3 is 3. The van der Waals surface area contributed by atoms with Gasteiger partial charge in [0.05, 0.1) is 61.5 Å². The summed E-state index contributed by atoms with van der Waals surface area (Å²) in [4.78, 5) is 25.1. The summed E-state index contributed by atoms with van der Waals surface area (Å²) in [5.41, 5.74) is 0.500. The fourth-order valence-electron chi connectivity index (χ4n) is 9.34. The minimum absolute atomic E-state index is 0.214. The summed E-state index contributed by atoms with van der Waals surface area (Å²) < 4.78 is 66.3. The molecule has 4 fully saturated rings. The van der Waals surface area contributed by atoms with Gasteiger partial charge < -0.3 is 67.1 Å². The van der Waals surface area contributed by atoms with E-state index in [0.29, 0.717) is 43.4 Å². The molecule has 17 atom stereocenters. The first kappa shape index (κ1) is 43.1. The molecule has 16 nitrogen and oxygen atoms in total. The van der Waals surface area contributed by atoms with Crippen molar-refractivity contribution in [2.75, 3.05) is 21.3 Å². The van der Waals surface area contributed by atoms with Gasteiger partial charge in [-0.05, 0) is 52.0 Å². The van der Waals surface area contributed by atoms with E-state index in [4.69, 9.17) is 51.8 Å². The highest BCUT2D eigenvalue weighted by Crippen LogP contribution is 2.53. The minimum Gasteiger partial charge on any atom is -0.481 e. The van der Waals surface area contributed by atoms with Crippen LogP contribution in [-0.4, -0.2) is 141 Å². The van der Waals surface area contributed by atoms with E-state index in [1.807, 2.05) is 26.8 Å². The maximum Gasteiger partial charge on any atom is 0.341 e. The van der Waals surface area contributed by atoms with Crippen LogP contribution in [-0.2, 0) is 52.2 Å². The number of carbonyl (C=O) groups excluding carboxylic acids is 1. The van der Waals surface area contributed by atoms with Crippen LogP contribution in [0.5, 0.6) is 0 Å². The summed E-state index contributed by atoms with van der Waals surface area (Å²) in [6.45, 7) is 9.14. The van der Waals surface area contributed by atoms with Crippen molar-refractivity contribution in [3.8, 4) is 0 Å². The van der Waals surface area contributed by atoms with Gasteiger partial charge in [0.15, 0.2) is 18.9 Å². The summed E-state index contributed by atoms with van der Waals surface area (Å²) in [7, 11) is 4.77. The molecule has 6 rings (SSSR count). The lowest BCUT2D eigenvalue weighted by molar-refractivity contribution is -0.339. The number of aryl methyl sites for hydroxylation is 1. The maximum atomic E-state index is 13.0. The lowest BCUT2D eigenvalue weighted by Crippen LogP contribution is -2.57. The van der Waals surface area contributed by atoms with Gasteiger partial charge in [-0.3, -0.25) is 4.79 Å². The van der Waals surface area contributed by atoms with Crippen molar-refractivity contribution in [2.24, 2.45) is 11.3 Å². The van der Waals surface area contributed by atoms with E-state index >= 15 is 0 Å². The lowest BCUT2D eigenvalue weighted by Gasteiger charge is -2.52. The van der Waals surface area contributed by atoms with Crippen molar-refractivity contribution in [3.63, 3.8) is 0 Å². The second-order valence-corrected chi connectivity index (χ2v) is 16.1. The van der Waals surface area contributed by atoms with Crippen LogP contribution in [0.15, 0.2) is 28.4 Å². The van der Waals surface area contributed by atoms with Gasteiger partial charge in [-0.2, -0.15) is 0 Å². The standard InChI is InChI=1S/C40H60O16/c1-19-24(11-12-49-19)39(45)54-27-10-9-23-13-28(26(41)18-40(23,5)25(27)14-32(42)43)53-33-16-30(47-7)37(21(3)51-33)56-35-17-31(48-8)38(22(4)52-35)55-34-15-29(46-6)36(44)20(2)50-34/h9,11-12,20-22,25-31,33-38,41,44H,10,13-18H2,1-8H3,(H,42,43)/t20-,21-,22+,25+,26-,27-,28-,29+,30+,31+,33+,34+,35+,36-,37-,38-,40+/m1/s1. The van der Waals surface area contributed by atoms with Gasteiger partial charge in [0, 0.05) is 52.9 Å². The van der Waals surface area contributed by atoms with E-state index in [1.54, 1.807) is 35.2 Å². The number of hydrogen-bond acceptors (Lipinski definition) is 15. The predicted molar refractivity (Wildman–Crippen MR) is 194 cm³/mol. The molecule has 0 bridgehead atoms. The number of furan rings is 1. The van der Waals surface area contributed by atoms with Crippen molar-refractivity contribution in [2.45, 2.75) is 172 Å². The van der Waals surface area contributed by atoms with E-state index in [1.165, 1.54) is 12.3 Å². The second kappa shape index (κ2) is 18.2. The number of aliphatic hydroxyl groups is 2. The van der Waals surface area contributed by atoms with Crippen molar-refractivity contribution in [1.82, 2.24) is 0 Å². The van der Waals surface area contributed by atoms with Gasteiger partial charge in [-0.1, -0.05) is 18.6 Å². The van der Waals surface area contributed by atoms with Crippen LogP contribution >= 0.6 is 0 Å². The number of carboxylic acids is 1. The molecule has 2 aliphatic carbocycles. The largest absolute Gasteiger partial charge is 0.481 e. The minimum atomic E-state index is -1.01. The molecule has 4 heterocycles. The van der Waals surface area contributed by atoms with Crippen LogP contribution in [0.25, 0.3) is 0 Å². The first-order valence-electron chi connectivity index (χ1n) is 19.7. The Balaban J connectivity index is 1.06. The van der Waals surface area contributed by atoms with Gasteiger partial charge in [0.25, 0.3) is 0 Å². The Morgan fingerprint density at radius 1 is 0.804 bits per heavy atom. The molecule has 1 aromatic rings. The van der Waals surface area contributed by atoms with E-state index in [0.717, 1.165) is 5.57 Å². The number of rotatable bonds is 13. The normalized spacial score (nSPS) is 43.1. The molecule has 1 saturated carbocycles. The van der Waals surface area contributed by atoms with Crippen LogP contribution in [0.3, 0.4) is 0 Å². The van der Waals surface area contributed by atoms with Crippen molar-refractivity contribution < 1.29 is 76.7 Å². The quantitative estimate of drug-likeness (QED) is 0.193. The number of ether oxygens (including phenoxy) is 10. The van der Waals surface area contributed by atoms with Crippen LogP contribution < -0.4 is 0 Å². The van der Waals surface area contributed by atoms with Crippen LogP contribution in [0.2, 0.25) is 0 Å². The second-order valence-electron chi connectivity index (χ2n) is 16.1. The predicted octanol–water partition coefficient (Wildman–Crippen LogP) is 3.66. The number of aliphatic hydroxyl groups excluding tert-OH is 2. The number of hydrogen-bond donors (Lipinski definition) is 3. The van der Waals surface area contributed by atoms with Crippen molar-refractivity contribution in [3.05, 3.63) is 35.3 Å². The SMILES string of the molecule is CO[C@H]1C[C@H](O[C@@H]2[C@H](C)O[C@@H](O[C@H]3[C@@H](OC)C[C@H](O[C@@H]4CC5=CC[C@@H](OC(=O)c6ccoc6C)[C@H](CC(=O)O)[C@@]5(C)C[C@H]4O)O[C@@H]3C)C[C@@H]2OC)O[C@H](C)[C@H]1O. The zero-order valence-corrected chi connectivity index (χ0v) is 33.6. The summed E-state index contributed by atoms with van der Waals surface area (Å²) >= 11 is 0. The zero-order valence-electron chi connectivity index (χ0n) is 33.6. The van der Waals surface area contributed by atoms with E-state index in [9.17, 15) is 24.9 Å². The Kier molecular flexibility index (Phi) is 14.0. The molecule has 3 aliphatic heterocycles. The topological polar surface area (TPSA) is 200 Å². The highest BCUT2D eigenvalue weighted by Gasteiger charge is 2.53. The molecule has 3 N–H and O–H groups in total. The molecular formula is C40H60O16. The summed E-state index contributed by atoms with van der Waals surface area (Å²) in [6.07, 6.45) is -3.43. The van der Waals surface area contributed by atoms with Gasteiger partial charge in [0.1, 0.15) is 35.7 Å². The average molecular weight is 797 g/mol. The Morgan fingerprint density at radius 3 is 1.89 bits per heavy atom. The number of aliphatic carboxylic acids is 1. The van der Waals surface area contributed by atoms with E-state index in [2.05, 4.69) is 0 Å². The molecule has 0 aromatic carbocycles. The Hall–Kier alpha value is -2.48. The van der Waals surface area contributed by atoms with Crippen molar-refractivity contribution >= 4 is 11.9 Å². The molecule has 0 spiro atoms. The number of fused-ring (bicyclic) bond motifs is 1. The Morgan fingerprint density at radius 2 is 1.36 bits per heavy atom. The third-order valence-electron chi connectivity index (χ3n) is 12.6. The fraction of sp³-hybridized carbons (Fsp3) is 0.800. The van der Waals surface area contributed by atoms with E-state index < -0.39 is 109 Å². The van der Waals surface area contributed by atoms with Gasteiger partial charge in [0.2, 0.25) is 0 Å². The highest BCUT2D eigenvalue weighted by atomic mass is 16.7. The van der Waals surface area contributed by atoms with Crippen LogP contribution in [0.4, 0.5) is 0 Å². The maximum absolute atomic E-state index is 13.0. The summed E-state index contributed by atoms with van der Waals surface area (Å²) in [5, 5.41) is 31.8. The summed E-state index contributed by atoms with van der Waals surface area (Å²) in [6, 6.07) is 1.53. The van der Waals surface area contributed by atoms with Crippen molar-refractivity contribution in [1.29, 1.82) is 0 Å². The van der Waals surface area contributed by atoms with Gasteiger partial charge in [-0.15, -0.1) is 0 Å². The Labute approximate surface area is 327 Å². The molecule has 1 aromatic heterocycles. The van der Waals surface area contributed by atoms with Crippen LogP contribution in [0.1, 0.15) is 88.8 Å². The number of carbonyl (C=O) groups is 2. The molecular weight excluding hydrogens is 736 g/mol. The summed E-state index contributed by atoms with van der Waals surface area (Å²) in [5.74, 6) is -1.73. The third kappa shape index (κ3) is 9.20. The fourth-order valence-corrected chi connectivity index (χ4v) is 9.34. The van der Waals surface area contributed by atoms with Gasteiger partial charge in [-0.25, -0.2) is 4.79 Å². The highest BCUT2D eigenvalue weighted by molar-refractivity contribution is 5.90. The first-order valence-corrected chi connectivity index (χ1v) is 19.7. The molecule has 5 aliphatic rings. The molecule has 316 valence electrons. The molecule has 0 unspecified atom stereocenters. The molecule has 0 radical (unpaired) electrons. The molecule has 16 heteroatoms. The number of carboxylic acid groups (broad SMARTS) is 1. The smallest absolute Gasteiger partial charge is 0.341 e. The average Bonchev–Trinajstić information content (AvgIpc) is 3.59. The molecule has 0 amide bonds. The van der Waals surface area contributed by atoms with E-state index in [-0.39, 0.29) is 18.9 Å². The zero-order chi connectivity index (χ0) is 40.5.